The van der Waals surface area contributed by atoms with Gasteiger partial charge >= 0.3 is 0 Å². The number of aromatic nitrogens is 6. The first-order valence-electron chi connectivity index (χ1n) is 13.0. The van der Waals surface area contributed by atoms with E-state index in [1.54, 1.807) is 6.20 Å². The zero-order chi connectivity index (χ0) is 25.5. The minimum atomic E-state index is 0.0645. The number of nitrogens with one attached hydrogen (secondary N) is 1. The van der Waals surface area contributed by atoms with Crippen LogP contribution in [0, 0.1) is 12.8 Å². The van der Waals surface area contributed by atoms with Crippen LogP contribution in [0.15, 0.2) is 49.3 Å². The fraction of sp³-hybridized carbons (Fsp3) is 0.393. The number of aryl methyl sites for hydroxylation is 1. The summed E-state index contributed by atoms with van der Waals surface area (Å²) in [5.41, 5.74) is 3.29. The lowest BCUT2D eigenvalue weighted by Gasteiger charge is -2.34. The third-order valence-corrected chi connectivity index (χ3v) is 7.74. The summed E-state index contributed by atoms with van der Waals surface area (Å²) >= 11 is 0. The lowest BCUT2D eigenvalue weighted by Crippen LogP contribution is -2.43. The molecule has 0 atom stereocenters. The van der Waals surface area contributed by atoms with Gasteiger partial charge in [0.2, 0.25) is 11.9 Å². The second-order valence-corrected chi connectivity index (χ2v) is 10.2. The van der Waals surface area contributed by atoms with Gasteiger partial charge in [0.1, 0.15) is 11.6 Å². The third-order valence-electron chi connectivity index (χ3n) is 7.74. The Morgan fingerprint density at radius 3 is 2.73 bits per heavy atom. The number of amides is 1. The highest BCUT2D eigenvalue weighted by Gasteiger charge is 2.32. The van der Waals surface area contributed by atoms with Crippen LogP contribution in [-0.4, -0.2) is 52.7 Å². The number of allylic oxidation sites excluding steroid dienone is 1. The molecule has 9 nitrogen and oxygen atoms in total. The predicted octanol–water partition coefficient (Wildman–Crippen LogP) is 4.37. The summed E-state index contributed by atoms with van der Waals surface area (Å²) in [6.45, 7) is 10.2. The van der Waals surface area contributed by atoms with Gasteiger partial charge in [0, 0.05) is 42.8 Å². The Balaban J connectivity index is 1.10. The van der Waals surface area contributed by atoms with Crippen molar-refractivity contribution in [1.29, 1.82) is 0 Å². The second-order valence-electron chi connectivity index (χ2n) is 10.2. The fourth-order valence-corrected chi connectivity index (χ4v) is 5.71. The van der Waals surface area contributed by atoms with Gasteiger partial charge in [0.15, 0.2) is 5.82 Å². The predicted molar refractivity (Wildman–Crippen MR) is 143 cm³/mol. The van der Waals surface area contributed by atoms with Crippen molar-refractivity contribution in [2.45, 2.75) is 58.7 Å². The first-order chi connectivity index (χ1) is 18.0. The maximum atomic E-state index is 13.2. The van der Waals surface area contributed by atoms with Gasteiger partial charge in [0.25, 0.3) is 0 Å². The summed E-state index contributed by atoms with van der Waals surface area (Å²) < 4.78 is 4.19. The van der Waals surface area contributed by atoms with E-state index in [1.807, 2.05) is 31.0 Å². The fourth-order valence-electron chi connectivity index (χ4n) is 5.71. The van der Waals surface area contributed by atoms with E-state index in [-0.39, 0.29) is 17.9 Å². The number of carbonyl (C=O) groups excluding carboxylic acids is 1. The summed E-state index contributed by atoms with van der Waals surface area (Å²) in [6, 6.07) is 10.5. The first-order valence-corrected chi connectivity index (χ1v) is 13.0. The summed E-state index contributed by atoms with van der Waals surface area (Å²) in [5, 5.41) is 13.1. The summed E-state index contributed by atoms with van der Waals surface area (Å²) in [4.78, 5) is 24.4. The maximum absolute atomic E-state index is 13.2. The SMILES string of the molecule is C=C(C)c1cccc2c1ccn2-c1ccnc(NC2CCC(C(=O)N3CCn4c(C)nnc4C3)CC2)n1. The normalized spacial score (nSPS) is 19.6. The van der Waals surface area contributed by atoms with Crippen molar-refractivity contribution in [1.82, 2.24) is 34.2 Å². The molecule has 0 bridgehead atoms. The topological polar surface area (TPSA) is 93.8 Å². The van der Waals surface area contributed by atoms with Crippen molar-refractivity contribution >= 4 is 28.3 Å². The Bertz CT molecular complexity index is 1480. The van der Waals surface area contributed by atoms with Gasteiger partial charge in [-0.25, -0.2) is 4.98 Å². The highest BCUT2D eigenvalue weighted by molar-refractivity contribution is 5.92. The molecule has 1 amide bonds. The van der Waals surface area contributed by atoms with Crippen LogP contribution in [0.4, 0.5) is 5.95 Å². The van der Waals surface area contributed by atoms with E-state index < -0.39 is 0 Å². The molecule has 6 rings (SSSR count). The van der Waals surface area contributed by atoms with Gasteiger partial charge in [0.05, 0.1) is 12.1 Å². The average molecular weight is 497 g/mol. The van der Waals surface area contributed by atoms with Gasteiger partial charge in [-0.15, -0.1) is 10.2 Å². The van der Waals surface area contributed by atoms with Gasteiger partial charge < -0.3 is 19.4 Å². The molecule has 4 aromatic rings. The van der Waals surface area contributed by atoms with Crippen LogP contribution in [0.5, 0.6) is 0 Å². The van der Waals surface area contributed by atoms with E-state index in [4.69, 9.17) is 4.98 Å². The minimum absolute atomic E-state index is 0.0645. The quantitative estimate of drug-likeness (QED) is 0.441. The van der Waals surface area contributed by atoms with Gasteiger partial charge in [-0.2, -0.15) is 4.98 Å². The lowest BCUT2D eigenvalue weighted by atomic mass is 9.85. The molecule has 2 aliphatic rings. The van der Waals surface area contributed by atoms with Crippen molar-refractivity contribution in [2.24, 2.45) is 5.92 Å². The molecule has 1 saturated carbocycles. The molecule has 3 aromatic heterocycles. The van der Waals surface area contributed by atoms with Crippen LogP contribution in [0.3, 0.4) is 0 Å². The van der Waals surface area contributed by atoms with E-state index in [1.165, 1.54) is 0 Å². The van der Waals surface area contributed by atoms with Crippen molar-refractivity contribution in [2.75, 3.05) is 11.9 Å². The summed E-state index contributed by atoms with van der Waals surface area (Å²) in [7, 11) is 0. The Morgan fingerprint density at radius 1 is 1.08 bits per heavy atom. The molecule has 190 valence electrons. The molecular formula is C28H32N8O. The highest BCUT2D eigenvalue weighted by Crippen LogP contribution is 2.30. The smallest absolute Gasteiger partial charge is 0.226 e. The minimum Gasteiger partial charge on any atom is -0.351 e. The van der Waals surface area contributed by atoms with Crippen LogP contribution in [0.1, 0.15) is 49.8 Å². The number of fused-ring (bicyclic) bond motifs is 2. The van der Waals surface area contributed by atoms with Crippen LogP contribution < -0.4 is 5.32 Å². The molecule has 0 radical (unpaired) electrons. The largest absolute Gasteiger partial charge is 0.351 e. The van der Waals surface area contributed by atoms with E-state index in [2.05, 4.69) is 60.5 Å². The standard InChI is InChI=1S/C28H32N8O/c1-18(2)22-5-4-6-24-23(22)12-14-36(24)25-11-13-29-28(31-25)30-21-9-7-20(8-10-21)27(37)34-15-16-35-19(3)32-33-26(35)17-34/h4-6,11-14,20-21H,1,7-10,15-17H2,2-3H3,(H,29,30,31). The van der Waals surface area contributed by atoms with Crippen molar-refractivity contribution in [3.63, 3.8) is 0 Å². The highest BCUT2D eigenvalue weighted by atomic mass is 16.2. The third kappa shape index (κ3) is 4.39. The van der Waals surface area contributed by atoms with E-state index in [0.29, 0.717) is 12.5 Å². The van der Waals surface area contributed by atoms with Crippen molar-refractivity contribution in [3.8, 4) is 5.82 Å². The van der Waals surface area contributed by atoms with E-state index >= 15 is 0 Å². The molecule has 9 heteroatoms. The molecular weight excluding hydrogens is 464 g/mol. The Kier molecular flexibility index (Phi) is 5.98. The number of carbonyl (C=O) groups is 1. The first kappa shape index (κ1) is 23.4. The molecule has 0 saturated heterocycles. The molecule has 0 spiro atoms. The van der Waals surface area contributed by atoms with Crippen LogP contribution in [0.2, 0.25) is 0 Å². The molecule has 1 aromatic carbocycles. The summed E-state index contributed by atoms with van der Waals surface area (Å²) in [5.74, 6) is 3.56. The van der Waals surface area contributed by atoms with Gasteiger partial charge in [-0.1, -0.05) is 24.3 Å². The van der Waals surface area contributed by atoms with Crippen LogP contribution >= 0.6 is 0 Å². The molecule has 1 N–H and O–H groups in total. The van der Waals surface area contributed by atoms with Crippen molar-refractivity contribution in [3.05, 3.63) is 66.5 Å². The molecule has 1 aliphatic carbocycles. The number of hydrogen-bond donors (Lipinski definition) is 1. The molecule has 0 unspecified atom stereocenters. The van der Waals surface area contributed by atoms with Gasteiger partial charge in [-0.05, 0) is 63.3 Å². The number of rotatable bonds is 5. The van der Waals surface area contributed by atoms with E-state index in [0.717, 1.165) is 78.3 Å². The number of anilines is 1. The average Bonchev–Trinajstić information content (AvgIpc) is 3.52. The zero-order valence-corrected chi connectivity index (χ0v) is 21.4. The summed E-state index contributed by atoms with van der Waals surface area (Å²) in [6.07, 6.45) is 7.41. The number of nitrogens with zero attached hydrogens (tertiary/aromatic N) is 7. The molecule has 37 heavy (non-hydrogen) atoms. The number of benzene rings is 1. The maximum Gasteiger partial charge on any atom is 0.226 e. The molecule has 1 aliphatic heterocycles. The Labute approximate surface area is 216 Å². The Morgan fingerprint density at radius 2 is 1.92 bits per heavy atom. The number of hydrogen-bond acceptors (Lipinski definition) is 6. The van der Waals surface area contributed by atoms with Gasteiger partial charge in [-0.3, -0.25) is 4.79 Å². The Hall–Kier alpha value is -4.01. The lowest BCUT2D eigenvalue weighted by molar-refractivity contribution is -0.138. The molecule has 4 heterocycles. The van der Waals surface area contributed by atoms with E-state index in [9.17, 15) is 4.79 Å². The van der Waals surface area contributed by atoms with Crippen molar-refractivity contribution < 1.29 is 4.79 Å². The second kappa shape index (κ2) is 9.46. The zero-order valence-electron chi connectivity index (χ0n) is 21.4. The van der Waals surface area contributed by atoms with Crippen LogP contribution in [-0.2, 0) is 17.9 Å². The van der Waals surface area contributed by atoms with Crippen LogP contribution in [0.25, 0.3) is 22.3 Å². The molecule has 1 fully saturated rings. The monoisotopic (exact) mass is 496 g/mol.